The van der Waals surface area contributed by atoms with E-state index in [2.05, 4.69) is 34.8 Å². The SMILES string of the molecule is CC(C)c1csc(CN=C(NCCc2ccco2)NCC2CCCCO2)n1.I. The fraction of sp³-hybridized carbons (Fsp3) is 0.600. The van der Waals surface area contributed by atoms with Crippen LogP contribution in [0.3, 0.4) is 0 Å². The van der Waals surface area contributed by atoms with Crippen LogP contribution < -0.4 is 10.6 Å². The van der Waals surface area contributed by atoms with E-state index < -0.39 is 0 Å². The molecule has 0 spiro atoms. The highest BCUT2D eigenvalue weighted by Crippen LogP contribution is 2.18. The van der Waals surface area contributed by atoms with Crippen molar-refractivity contribution in [3.8, 4) is 0 Å². The maximum atomic E-state index is 5.81. The molecule has 28 heavy (non-hydrogen) atoms. The molecule has 156 valence electrons. The molecule has 0 amide bonds. The molecule has 2 N–H and O–H groups in total. The van der Waals surface area contributed by atoms with E-state index in [1.807, 2.05) is 12.1 Å². The van der Waals surface area contributed by atoms with Crippen molar-refractivity contribution < 1.29 is 9.15 Å². The minimum Gasteiger partial charge on any atom is -0.469 e. The molecule has 0 aliphatic carbocycles. The second kappa shape index (κ2) is 12.4. The number of nitrogens with one attached hydrogen (secondary N) is 2. The molecule has 0 bridgehead atoms. The van der Waals surface area contributed by atoms with Crippen LogP contribution >= 0.6 is 35.3 Å². The minimum atomic E-state index is 0. The van der Waals surface area contributed by atoms with Gasteiger partial charge in [0.2, 0.25) is 0 Å². The van der Waals surface area contributed by atoms with Gasteiger partial charge in [0, 0.05) is 31.5 Å². The van der Waals surface area contributed by atoms with E-state index in [0.29, 0.717) is 12.5 Å². The fourth-order valence-corrected chi connectivity index (χ4v) is 3.80. The van der Waals surface area contributed by atoms with Gasteiger partial charge < -0.3 is 19.8 Å². The van der Waals surface area contributed by atoms with Crippen LogP contribution in [0.4, 0.5) is 0 Å². The maximum absolute atomic E-state index is 5.81. The first kappa shape index (κ1) is 23.2. The lowest BCUT2D eigenvalue weighted by Gasteiger charge is -2.23. The summed E-state index contributed by atoms with van der Waals surface area (Å²) in [6, 6.07) is 3.91. The molecule has 3 heterocycles. The summed E-state index contributed by atoms with van der Waals surface area (Å²) < 4.78 is 11.2. The Bertz CT molecular complexity index is 697. The van der Waals surface area contributed by atoms with E-state index in [-0.39, 0.29) is 30.1 Å². The predicted molar refractivity (Wildman–Crippen MR) is 125 cm³/mol. The molecule has 0 radical (unpaired) electrons. The lowest BCUT2D eigenvalue weighted by molar-refractivity contribution is 0.0194. The van der Waals surface area contributed by atoms with Gasteiger partial charge in [0.25, 0.3) is 0 Å². The van der Waals surface area contributed by atoms with Crippen molar-refractivity contribution >= 4 is 41.3 Å². The van der Waals surface area contributed by atoms with Crippen molar-refractivity contribution in [1.82, 2.24) is 15.6 Å². The van der Waals surface area contributed by atoms with E-state index in [9.17, 15) is 0 Å². The van der Waals surface area contributed by atoms with Crippen molar-refractivity contribution in [1.29, 1.82) is 0 Å². The average molecular weight is 518 g/mol. The molecule has 2 aromatic heterocycles. The Morgan fingerprint density at radius 2 is 2.25 bits per heavy atom. The predicted octanol–water partition coefficient (Wildman–Crippen LogP) is 4.32. The number of halogens is 1. The van der Waals surface area contributed by atoms with Crippen LogP contribution in [0.5, 0.6) is 0 Å². The summed E-state index contributed by atoms with van der Waals surface area (Å²) in [5.41, 5.74) is 1.14. The molecular formula is C20H31IN4O2S. The lowest BCUT2D eigenvalue weighted by atomic mass is 10.1. The topological polar surface area (TPSA) is 71.7 Å². The number of guanidine groups is 1. The van der Waals surface area contributed by atoms with E-state index in [0.717, 1.165) is 55.0 Å². The Morgan fingerprint density at radius 3 is 2.93 bits per heavy atom. The molecule has 1 fully saturated rings. The van der Waals surface area contributed by atoms with Gasteiger partial charge in [0.15, 0.2) is 5.96 Å². The van der Waals surface area contributed by atoms with Gasteiger partial charge >= 0.3 is 0 Å². The monoisotopic (exact) mass is 518 g/mol. The molecule has 8 heteroatoms. The van der Waals surface area contributed by atoms with Crippen LogP contribution in [-0.2, 0) is 17.7 Å². The molecule has 3 rings (SSSR count). The standard InChI is InChI=1S/C20H30N4O2S.HI/c1-15(2)18-14-27-19(24-18)13-23-20(21-9-8-16-7-5-11-25-16)22-12-17-6-3-4-10-26-17;/h5,7,11,14-15,17H,3-4,6,8-10,12-13H2,1-2H3,(H2,21,22,23);1H. The largest absolute Gasteiger partial charge is 0.469 e. The first-order valence-corrected chi connectivity index (χ1v) is 10.7. The van der Waals surface area contributed by atoms with Crippen molar-refractivity contribution in [2.75, 3.05) is 19.7 Å². The highest BCUT2D eigenvalue weighted by molar-refractivity contribution is 14.0. The van der Waals surface area contributed by atoms with Crippen LogP contribution in [-0.4, -0.2) is 36.7 Å². The zero-order valence-electron chi connectivity index (χ0n) is 16.6. The molecule has 1 unspecified atom stereocenters. The van der Waals surface area contributed by atoms with E-state index >= 15 is 0 Å². The molecule has 1 saturated heterocycles. The first-order chi connectivity index (χ1) is 13.2. The summed E-state index contributed by atoms with van der Waals surface area (Å²) in [5.74, 6) is 2.22. The molecule has 1 aliphatic rings. The number of ether oxygens (including phenoxy) is 1. The molecule has 1 atom stereocenters. The molecule has 0 saturated carbocycles. The summed E-state index contributed by atoms with van der Waals surface area (Å²) in [7, 11) is 0. The number of aliphatic imine (C=N–C) groups is 1. The Labute approximate surface area is 188 Å². The highest BCUT2D eigenvalue weighted by Gasteiger charge is 2.14. The van der Waals surface area contributed by atoms with E-state index in [1.54, 1.807) is 17.6 Å². The van der Waals surface area contributed by atoms with Crippen LogP contribution in [0.1, 0.15) is 55.5 Å². The number of rotatable bonds is 8. The minimum absolute atomic E-state index is 0. The number of aromatic nitrogens is 1. The summed E-state index contributed by atoms with van der Waals surface area (Å²) in [5, 5.41) is 10.00. The van der Waals surface area contributed by atoms with Gasteiger partial charge in [-0.2, -0.15) is 0 Å². The third-order valence-corrected chi connectivity index (χ3v) is 5.40. The number of hydrogen-bond acceptors (Lipinski definition) is 5. The zero-order chi connectivity index (χ0) is 18.9. The maximum Gasteiger partial charge on any atom is 0.191 e. The van der Waals surface area contributed by atoms with Gasteiger partial charge in [0.05, 0.1) is 24.6 Å². The van der Waals surface area contributed by atoms with Gasteiger partial charge in [-0.3, -0.25) is 0 Å². The number of thiazole rings is 1. The van der Waals surface area contributed by atoms with Crippen LogP contribution in [0.25, 0.3) is 0 Å². The van der Waals surface area contributed by atoms with Gasteiger partial charge in [-0.25, -0.2) is 9.98 Å². The van der Waals surface area contributed by atoms with E-state index in [1.165, 1.54) is 12.8 Å². The van der Waals surface area contributed by atoms with Gasteiger partial charge in [0.1, 0.15) is 10.8 Å². The third kappa shape index (κ3) is 7.71. The Hall–Kier alpha value is -1.13. The second-order valence-electron chi connectivity index (χ2n) is 7.11. The number of furan rings is 1. The van der Waals surface area contributed by atoms with Crippen LogP contribution in [0.2, 0.25) is 0 Å². The number of hydrogen-bond donors (Lipinski definition) is 2. The molecule has 6 nitrogen and oxygen atoms in total. The second-order valence-corrected chi connectivity index (χ2v) is 8.05. The highest BCUT2D eigenvalue weighted by atomic mass is 127. The quantitative estimate of drug-likeness (QED) is 0.310. The summed E-state index contributed by atoms with van der Waals surface area (Å²) in [4.78, 5) is 9.39. The summed E-state index contributed by atoms with van der Waals surface area (Å²) in [6.07, 6.45) is 6.31. The smallest absolute Gasteiger partial charge is 0.191 e. The Morgan fingerprint density at radius 1 is 1.36 bits per heavy atom. The van der Waals surface area contributed by atoms with Gasteiger partial charge in [-0.05, 0) is 37.3 Å². The normalized spacial score (nSPS) is 17.4. The third-order valence-electron chi connectivity index (χ3n) is 4.55. The summed E-state index contributed by atoms with van der Waals surface area (Å²) >= 11 is 1.67. The van der Waals surface area contributed by atoms with Crippen molar-refractivity contribution in [3.63, 3.8) is 0 Å². The van der Waals surface area contributed by atoms with Crippen LogP contribution in [0, 0.1) is 0 Å². The van der Waals surface area contributed by atoms with Crippen molar-refractivity contribution in [2.45, 2.75) is 58.1 Å². The number of nitrogens with zero attached hydrogens (tertiary/aromatic N) is 2. The lowest BCUT2D eigenvalue weighted by Crippen LogP contribution is -2.43. The zero-order valence-corrected chi connectivity index (χ0v) is 19.8. The van der Waals surface area contributed by atoms with Crippen molar-refractivity contribution in [3.05, 3.63) is 40.2 Å². The van der Waals surface area contributed by atoms with Gasteiger partial charge in [-0.1, -0.05) is 13.8 Å². The molecular weight excluding hydrogens is 487 g/mol. The Kier molecular flexibility index (Phi) is 10.3. The molecule has 0 aromatic carbocycles. The van der Waals surface area contributed by atoms with Gasteiger partial charge in [-0.15, -0.1) is 35.3 Å². The Balaban J connectivity index is 0.00000280. The molecule has 2 aromatic rings. The van der Waals surface area contributed by atoms with Crippen LogP contribution in [0.15, 0.2) is 33.2 Å². The molecule has 1 aliphatic heterocycles. The summed E-state index contributed by atoms with van der Waals surface area (Å²) in [6.45, 7) is 7.31. The van der Waals surface area contributed by atoms with Crippen molar-refractivity contribution in [2.24, 2.45) is 4.99 Å². The first-order valence-electron chi connectivity index (χ1n) is 9.81. The fourth-order valence-electron chi connectivity index (χ4n) is 2.92. The average Bonchev–Trinajstić information content (AvgIpc) is 3.36. The van der Waals surface area contributed by atoms with E-state index in [4.69, 9.17) is 14.1 Å².